The Bertz CT molecular complexity index is 1210. The smallest absolute Gasteiger partial charge is 0.105 e. The molecule has 6 rings (SSSR count). The highest BCUT2D eigenvalue weighted by Gasteiger charge is 2.73. The molecule has 5 atom stereocenters. The van der Waals surface area contributed by atoms with E-state index in [0.29, 0.717) is 0 Å². The van der Waals surface area contributed by atoms with Gasteiger partial charge in [-0.3, -0.25) is 0 Å². The summed E-state index contributed by atoms with van der Waals surface area (Å²) in [6.07, 6.45) is 11.3. The van der Waals surface area contributed by atoms with E-state index in [1.807, 2.05) is 12.1 Å². The highest BCUT2D eigenvalue weighted by atomic mass is 14.7. The summed E-state index contributed by atoms with van der Waals surface area (Å²) in [5.74, 6) is 0.336. The average Bonchev–Trinajstić information content (AvgIpc) is 3.15. The first-order chi connectivity index (χ1) is 14.7. The van der Waals surface area contributed by atoms with E-state index in [9.17, 15) is 10.5 Å². The molecule has 1 spiro atoms. The molecule has 2 heteroatoms. The van der Waals surface area contributed by atoms with Crippen molar-refractivity contribution in [3.63, 3.8) is 0 Å². The Morgan fingerprint density at radius 3 is 2.07 bits per heavy atom. The first-order valence-electron chi connectivity index (χ1n) is 10.7. The van der Waals surface area contributed by atoms with Crippen LogP contribution in [0.4, 0.5) is 0 Å². The molecule has 30 heavy (non-hydrogen) atoms. The van der Waals surface area contributed by atoms with Gasteiger partial charge in [0.05, 0.1) is 17.6 Å². The first-order valence-corrected chi connectivity index (χ1v) is 10.7. The summed E-state index contributed by atoms with van der Waals surface area (Å²) in [6, 6.07) is 26.5. The molecule has 4 aliphatic rings. The number of nitriles is 2. The van der Waals surface area contributed by atoms with Crippen molar-refractivity contribution in [2.75, 3.05) is 0 Å². The largest absolute Gasteiger partial charge is 0.197 e. The predicted molar refractivity (Wildman–Crippen MR) is 116 cm³/mol. The second-order valence-corrected chi connectivity index (χ2v) is 9.19. The molecule has 4 aliphatic carbocycles. The molecule has 0 aromatic heterocycles. The second-order valence-electron chi connectivity index (χ2n) is 9.19. The van der Waals surface area contributed by atoms with Crippen molar-refractivity contribution in [3.05, 3.63) is 107 Å². The predicted octanol–water partition coefficient (Wildman–Crippen LogP) is 6.19. The van der Waals surface area contributed by atoms with Crippen molar-refractivity contribution in [2.45, 2.75) is 31.1 Å². The van der Waals surface area contributed by atoms with Crippen molar-refractivity contribution in [2.24, 2.45) is 16.2 Å². The zero-order valence-corrected chi connectivity index (χ0v) is 16.8. The molecule has 0 saturated heterocycles. The molecule has 0 heterocycles. The van der Waals surface area contributed by atoms with Gasteiger partial charge in [-0.05, 0) is 36.0 Å². The van der Waals surface area contributed by atoms with Crippen LogP contribution < -0.4 is 0 Å². The molecule has 144 valence electrons. The van der Waals surface area contributed by atoms with E-state index in [2.05, 4.69) is 85.0 Å². The summed E-state index contributed by atoms with van der Waals surface area (Å²) in [5.41, 5.74) is 3.45. The maximum absolute atomic E-state index is 10.6. The minimum atomic E-state index is -0.671. The van der Waals surface area contributed by atoms with Gasteiger partial charge in [-0.2, -0.15) is 10.5 Å². The number of hydrogen-bond acceptors (Lipinski definition) is 2. The summed E-state index contributed by atoms with van der Waals surface area (Å²) in [5, 5.41) is 21.0. The summed E-state index contributed by atoms with van der Waals surface area (Å²) >= 11 is 0. The molecule has 2 aromatic rings. The van der Waals surface area contributed by atoms with Crippen LogP contribution in [0.15, 0.2) is 96.1 Å². The molecule has 0 radical (unpaired) electrons. The van der Waals surface area contributed by atoms with Crippen molar-refractivity contribution in [1.82, 2.24) is 0 Å². The maximum atomic E-state index is 10.6. The van der Waals surface area contributed by atoms with Gasteiger partial charge in [0.15, 0.2) is 0 Å². The molecule has 1 saturated carbocycles. The molecule has 0 unspecified atom stereocenters. The Balaban J connectivity index is 1.61. The fourth-order valence-electron chi connectivity index (χ4n) is 6.92. The Morgan fingerprint density at radius 2 is 1.43 bits per heavy atom. The zero-order valence-electron chi connectivity index (χ0n) is 16.8. The number of hydrogen-bond donors (Lipinski definition) is 0. The van der Waals surface area contributed by atoms with Crippen LogP contribution in [0.2, 0.25) is 0 Å². The third-order valence-corrected chi connectivity index (χ3v) is 8.16. The summed E-state index contributed by atoms with van der Waals surface area (Å²) in [4.78, 5) is 0. The van der Waals surface area contributed by atoms with E-state index >= 15 is 0 Å². The number of rotatable bonds is 2. The Morgan fingerprint density at radius 1 is 0.767 bits per heavy atom. The minimum absolute atomic E-state index is 0.107. The number of benzene rings is 2. The van der Waals surface area contributed by atoms with Gasteiger partial charge in [-0.1, -0.05) is 90.5 Å². The summed E-state index contributed by atoms with van der Waals surface area (Å²) in [7, 11) is 0. The van der Waals surface area contributed by atoms with Crippen LogP contribution >= 0.6 is 0 Å². The van der Waals surface area contributed by atoms with Crippen molar-refractivity contribution < 1.29 is 0 Å². The van der Waals surface area contributed by atoms with Crippen LogP contribution in [0.1, 0.15) is 42.2 Å². The van der Waals surface area contributed by atoms with Crippen LogP contribution in [0, 0.1) is 38.9 Å². The maximum Gasteiger partial charge on any atom is 0.105 e. The van der Waals surface area contributed by atoms with E-state index in [1.165, 1.54) is 22.3 Å². The Kier molecular flexibility index (Phi) is 3.40. The second kappa shape index (κ2) is 5.84. The Hall–Kier alpha value is -3.36. The highest BCUT2D eigenvalue weighted by Crippen LogP contribution is 2.79. The summed E-state index contributed by atoms with van der Waals surface area (Å²) < 4.78 is 0. The third kappa shape index (κ3) is 1.83. The van der Waals surface area contributed by atoms with Crippen molar-refractivity contribution in [3.8, 4) is 12.1 Å². The monoisotopic (exact) mass is 386 g/mol. The summed E-state index contributed by atoms with van der Waals surface area (Å²) in [6.45, 7) is 0. The Labute approximate surface area is 177 Å². The van der Waals surface area contributed by atoms with E-state index < -0.39 is 16.2 Å². The molecular formula is C28H22N2. The van der Waals surface area contributed by atoms with Gasteiger partial charge in [0.2, 0.25) is 0 Å². The number of allylic oxidation sites excluding steroid dienone is 6. The lowest BCUT2D eigenvalue weighted by molar-refractivity contribution is 0.0337. The standard InChI is InChI=1S/C28H22N2/c29-18-26-14-15-27(19-30)23(20-8-3-1-4-9-20)16-22-12-7-13-28(26,25(22)27)24(17-26)21-10-5-2-6-11-21/h1-11,13-15,23-24H,12,16-17H2/t23-,24+,26+,27-,28+/m0/s1. The first kappa shape index (κ1) is 17.5. The molecule has 1 fully saturated rings. The minimum Gasteiger partial charge on any atom is -0.197 e. The van der Waals surface area contributed by atoms with Gasteiger partial charge in [0.1, 0.15) is 5.41 Å². The molecule has 0 N–H and O–H groups in total. The van der Waals surface area contributed by atoms with Gasteiger partial charge >= 0.3 is 0 Å². The van der Waals surface area contributed by atoms with Gasteiger partial charge in [-0.25, -0.2) is 0 Å². The SMILES string of the molecule is N#C[C@]12C=C[C@]3(C#N)C[C@H](c4ccccc4)[C@@]34C=CCC(=C14)C[C@H]2c1ccccc1. The lowest BCUT2D eigenvalue weighted by Crippen LogP contribution is -2.60. The molecule has 0 bridgehead atoms. The zero-order chi connectivity index (χ0) is 20.4. The third-order valence-electron chi connectivity index (χ3n) is 8.16. The lowest BCUT2D eigenvalue weighted by Gasteiger charge is -2.65. The molecular weight excluding hydrogens is 364 g/mol. The van der Waals surface area contributed by atoms with Crippen molar-refractivity contribution in [1.29, 1.82) is 10.5 Å². The van der Waals surface area contributed by atoms with Gasteiger partial charge < -0.3 is 0 Å². The van der Waals surface area contributed by atoms with Gasteiger partial charge in [-0.15, -0.1) is 0 Å². The highest BCUT2D eigenvalue weighted by molar-refractivity contribution is 5.64. The average molecular weight is 386 g/mol. The lowest BCUT2D eigenvalue weighted by atomic mass is 9.35. The van der Waals surface area contributed by atoms with E-state index in [4.69, 9.17) is 0 Å². The van der Waals surface area contributed by atoms with Crippen LogP contribution in [0.5, 0.6) is 0 Å². The van der Waals surface area contributed by atoms with Crippen LogP contribution in [0.25, 0.3) is 0 Å². The molecule has 0 amide bonds. The van der Waals surface area contributed by atoms with E-state index in [1.54, 1.807) is 0 Å². The molecule has 2 nitrogen and oxygen atoms in total. The quantitative estimate of drug-likeness (QED) is 0.577. The fourth-order valence-corrected chi connectivity index (χ4v) is 6.92. The van der Waals surface area contributed by atoms with Gasteiger partial charge in [0.25, 0.3) is 0 Å². The molecule has 2 aromatic carbocycles. The molecule has 0 aliphatic heterocycles. The van der Waals surface area contributed by atoms with E-state index in [0.717, 1.165) is 19.3 Å². The van der Waals surface area contributed by atoms with E-state index in [-0.39, 0.29) is 11.8 Å². The number of nitrogens with zero attached hydrogens (tertiary/aromatic N) is 2. The topological polar surface area (TPSA) is 47.6 Å². The van der Waals surface area contributed by atoms with Crippen LogP contribution in [0.3, 0.4) is 0 Å². The normalized spacial score (nSPS) is 37.5. The van der Waals surface area contributed by atoms with Crippen LogP contribution in [-0.2, 0) is 0 Å². The van der Waals surface area contributed by atoms with Crippen LogP contribution in [-0.4, -0.2) is 0 Å². The van der Waals surface area contributed by atoms with Crippen molar-refractivity contribution >= 4 is 0 Å². The fraction of sp³-hybridized carbons (Fsp3) is 0.286. The van der Waals surface area contributed by atoms with Gasteiger partial charge in [0, 0.05) is 17.3 Å².